The standard InChI is InChI=1S/C8H18NO.C3H6Cl2O/c1-6-9(4,5)10-7-8(2)3;4-1-3(6)2-5/h2,6-7H2,1,3-5H3;3,6H,1-2H2/q+1;. The van der Waals surface area contributed by atoms with Crippen LogP contribution in [-0.4, -0.2) is 54.9 Å². The first-order valence-electron chi connectivity index (χ1n) is 5.21. The lowest BCUT2D eigenvalue weighted by molar-refractivity contribution is -1.07. The molecule has 0 aromatic rings. The van der Waals surface area contributed by atoms with E-state index in [1.165, 1.54) is 0 Å². The van der Waals surface area contributed by atoms with Crippen LogP contribution in [-0.2, 0) is 4.84 Å². The molecule has 1 N–H and O–H groups in total. The minimum Gasteiger partial charge on any atom is -0.391 e. The summed E-state index contributed by atoms with van der Waals surface area (Å²) in [6.07, 6.45) is -0.534. The number of aliphatic hydroxyl groups excluding tert-OH is 1. The van der Waals surface area contributed by atoms with Crippen LogP contribution in [0.15, 0.2) is 12.2 Å². The molecule has 0 fully saturated rings. The van der Waals surface area contributed by atoms with E-state index in [0.29, 0.717) is 11.3 Å². The first-order valence-corrected chi connectivity index (χ1v) is 6.27. The first kappa shape index (κ1) is 18.6. The van der Waals surface area contributed by atoms with Gasteiger partial charge in [-0.1, -0.05) is 6.58 Å². The van der Waals surface area contributed by atoms with Crippen LogP contribution in [0.25, 0.3) is 0 Å². The Balaban J connectivity index is 0. The van der Waals surface area contributed by atoms with Crippen LogP contribution in [0.3, 0.4) is 0 Å². The van der Waals surface area contributed by atoms with E-state index >= 15 is 0 Å². The fourth-order valence-electron chi connectivity index (χ4n) is 0.417. The number of hydroxylamine groups is 3. The van der Waals surface area contributed by atoms with Crippen LogP contribution in [0.5, 0.6) is 0 Å². The van der Waals surface area contributed by atoms with Gasteiger partial charge >= 0.3 is 0 Å². The largest absolute Gasteiger partial charge is 0.391 e. The Morgan fingerprint density at radius 2 is 1.81 bits per heavy atom. The average Bonchev–Trinajstić information content (AvgIpc) is 2.26. The second-order valence-corrected chi connectivity index (χ2v) is 4.70. The second kappa shape index (κ2) is 10.4. The Kier molecular flexibility index (Phi) is 12.0. The molecule has 0 aromatic carbocycles. The Hall–Kier alpha value is 0.200. The van der Waals surface area contributed by atoms with Crippen LogP contribution in [0.4, 0.5) is 0 Å². The summed E-state index contributed by atoms with van der Waals surface area (Å²) in [7, 11) is 4.06. The molecule has 0 aliphatic heterocycles. The quantitative estimate of drug-likeness (QED) is 0.348. The molecule has 0 radical (unpaired) electrons. The highest BCUT2D eigenvalue weighted by Crippen LogP contribution is 2.00. The van der Waals surface area contributed by atoms with Gasteiger partial charge in [0.25, 0.3) is 0 Å². The molecule has 0 aromatic heterocycles. The van der Waals surface area contributed by atoms with Crippen molar-refractivity contribution in [3.63, 3.8) is 0 Å². The molecule has 0 heterocycles. The third kappa shape index (κ3) is 14.2. The molecule has 0 unspecified atom stereocenters. The van der Waals surface area contributed by atoms with Crippen LogP contribution in [0.1, 0.15) is 13.8 Å². The molecular formula is C11H24Cl2NO2+. The summed E-state index contributed by atoms with van der Waals surface area (Å²) in [5, 5.41) is 8.40. The van der Waals surface area contributed by atoms with Crippen molar-refractivity contribution in [1.82, 2.24) is 0 Å². The van der Waals surface area contributed by atoms with Gasteiger partial charge in [-0.2, -0.15) is 9.48 Å². The van der Waals surface area contributed by atoms with Gasteiger partial charge in [0, 0.05) is 11.8 Å². The number of alkyl halides is 2. The summed E-state index contributed by atoms with van der Waals surface area (Å²) >= 11 is 10.2. The predicted octanol–water partition coefficient (Wildman–Crippen LogP) is 2.42. The van der Waals surface area contributed by atoms with E-state index in [4.69, 9.17) is 33.1 Å². The zero-order valence-corrected chi connectivity index (χ0v) is 12.2. The number of halogens is 2. The fourth-order valence-corrected chi connectivity index (χ4v) is 0.747. The molecule has 0 aliphatic carbocycles. The third-order valence-corrected chi connectivity index (χ3v) is 2.49. The average molecular weight is 273 g/mol. The minimum absolute atomic E-state index is 0.226. The monoisotopic (exact) mass is 272 g/mol. The van der Waals surface area contributed by atoms with E-state index in [0.717, 1.165) is 12.1 Å². The molecular weight excluding hydrogens is 249 g/mol. The number of aliphatic hydroxyl groups is 1. The Bertz CT molecular complexity index is 183. The SMILES string of the molecule is C=C(C)CO[N+](C)(C)CC.OC(CCl)CCl. The van der Waals surface area contributed by atoms with E-state index in [-0.39, 0.29) is 11.8 Å². The van der Waals surface area contributed by atoms with Crippen molar-refractivity contribution in [1.29, 1.82) is 0 Å². The molecule has 16 heavy (non-hydrogen) atoms. The van der Waals surface area contributed by atoms with Crippen molar-refractivity contribution >= 4 is 23.2 Å². The number of quaternary nitrogens is 1. The van der Waals surface area contributed by atoms with E-state index in [1.54, 1.807) is 0 Å². The molecule has 0 spiro atoms. The smallest absolute Gasteiger partial charge is 0.127 e. The Morgan fingerprint density at radius 1 is 1.38 bits per heavy atom. The van der Waals surface area contributed by atoms with Gasteiger partial charge in [-0.3, -0.25) is 0 Å². The highest BCUT2D eigenvalue weighted by atomic mass is 35.5. The molecule has 0 aliphatic rings. The van der Waals surface area contributed by atoms with E-state index in [2.05, 4.69) is 13.5 Å². The van der Waals surface area contributed by atoms with Gasteiger partial charge in [0.05, 0.1) is 20.2 Å². The third-order valence-electron chi connectivity index (χ3n) is 1.78. The topological polar surface area (TPSA) is 29.5 Å². The normalized spacial score (nSPS) is 11.0. The number of rotatable bonds is 6. The van der Waals surface area contributed by atoms with Crippen molar-refractivity contribution in [3.05, 3.63) is 12.2 Å². The number of hydrogen-bond donors (Lipinski definition) is 1. The Labute approximate surface area is 109 Å². The molecule has 0 atom stereocenters. The van der Waals surface area contributed by atoms with Crippen LogP contribution in [0, 0.1) is 0 Å². The van der Waals surface area contributed by atoms with Crippen molar-refractivity contribution in [3.8, 4) is 0 Å². The summed E-state index contributed by atoms with van der Waals surface area (Å²) in [5.41, 5.74) is 1.07. The lowest BCUT2D eigenvalue weighted by Crippen LogP contribution is -2.39. The Morgan fingerprint density at radius 3 is 2.00 bits per heavy atom. The van der Waals surface area contributed by atoms with Crippen molar-refractivity contribution in [2.24, 2.45) is 0 Å². The molecule has 0 saturated heterocycles. The lowest BCUT2D eigenvalue weighted by atomic mass is 10.4. The molecule has 0 amide bonds. The molecule has 0 bridgehead atoms. The van der Waals surface area contributed by atoms with Gasteiger partial charge in [0.1, 0.15) is 13.2 Å². The molecule has 0 rings (SSSR count). The highest BCUT2D eigenvalue weighted by molar-refractivity contribution is 6.21. The summed E-state index contributed by atoms with van der Waals surface area (Å²) in [5.74, 6) is 0.451. The van der Waals surface area contributed by atoms with Gasteiger partial charge in [0.15, 0.2) is 0 Å². The molecule has 0 saturated carbocycles. The number of hydrogen-bond acceptors (Lipinski definition) is 2. The van der Waals surface area contributed by atoms with Gasteiger partial charge in [-0.15, -0.1) is 23.2 Å². The van der Waals surface area contributed by atoms with Crippen molar-refractivity contribution in [2.75, 3.05) is 39.0 Å². The number of nitrogens with zero attached hydrogens (tertiary/aromatic N) is 1. The van der Waals surface area contributed by atoms with Gasteiger partial charge in [0.2, 0.25) is 0 Å². The minimum atomic E-state index is -0.534. The van der Waals surface area contributed by atoms with Crippen LogP contribution < -0.4 is 0 Å². The maximum absolute atomic E-state index is 8.40. The summed E-state index contributed by atoms with van der Waals surface area (Å²) in [4.78, 5) is 5.48. The van der Waals surface area contributed by atoms with Gasteiger partial charge in [-0.25, -0.2) is 0 Å². The van der Waals surface area contributed by atoms with Gasteiger partial charge in [-0.05, 0) is 19.4 Å². The van der Waals surface area contributed by atoms with Crippen molar-refractivity contribution in [2.45, 2.75) is 20.0 Å². The fraction of sp³-hybridized carbons (Fsp3) is 0.818. The molecule has 98 valence electrons. The van der Waals surface area contributed by atoms with Gasteiger partial charge < -0.3 is 5.11 Å². The van der Waals surface area contributed by atoms with E-state index in [1.807, 2.05) is 21.0 Å². The van der Waals surface area contributed by atoms with Crippen LogP contribution >= 0.6 is 23.2 Å². The highest BCUT2D eigenvalue weighted by Gasteiger charge is 2.12. The van der Waals surface area contributed by atoms with Crippen molar-refractivity contribution < 1.29 is 14.6 Å². The van der Waals surface area contributed by atoms with E-state index < -0.39 is 6.10 Å². The molecule has 5 heteroatoms. The predicted molar refractivity (Wildman–Crippen MR) is 70.9 cm³/mol. The second-order valence-electron chi connectivity index (χ2n) is 4.08. The lowest BCUT2D eigenvalue weighted by Gasteiger charge is -2.24. The zero-order chi connectivity index (χ0) is 13.2. The summed E-state index contributed by atoms with van der Waals surface area (Å²) in [6.45, 7) is 9.45. The maximum Gasteiger partial charge on any atom is 0.127 e. The van der Waals surface area contributed by atoms with Crippen LogP contribution in [0.2, 0.25) is 0 Å². The maximum atomic E-state index is 8.40. The first-order chi connectivity index (χ1) is 7.29. The zero-order valence-electron chi connectivity index (χ0n) is 10.7. The summed E-state index contributed by atoms with van der Waals surface area (Å²) < 4.78 is 0.604. The summed E-state index contributed by atoms with van der Waals surface area (Å²) in [6, 6.07) is 0. The van der Waals surface area contributed by atoms with E-state index in [9.17, 15) is 0 Å². The molecule has 3 nitrogen and oxygen atoms in total.